The molecular weight excluding hydrogens is 395 g/mol. The Balaban J connectivity index is 1.73. The first-order chi connectivity index (χ1) is 13.7. The highest BCUT2D eigenvalue weighted by molar-refractivity contribution is 7.89. The normalized spacial score (nSPS) is 20.3. The molecule has 0 aromatic heterocycles. The summed E-state index contributed by atoms with van der Waals surface area (Å²) in [6.07, 6.45) is 1.02. The molecule has 6 nitrogen and oxygen atoms in total. The maximum Gasteiger partial charge on any atom is 0.255 e. The van der Waals surface area contributed by atoms with E-state index < -0.39 is 21.7 Å². The number of rotatable bonds is 5. The standard InChI is InChI=1S/C21H25FN2O4S/c1-14-10-15(2)13-24(12-14)29(26,27)18-7-5-17(6-8-18)23-21(25)16-4-9-20(28-3)19(22)11-16/h4-9,11,14-15H,10,12-13H2,1-3H3,(H,23,25)/t14-,15-/m1/s1. The predicted molar refractivity (Wildman–Crippen MR) is 109 cm³/mol. The summed E-state index contributed by atoms with van der Waals surface area (Å²) in [6, 6.07) is 9.93. The fourth-order valence-corrected chi connectivity index (χ4v) is 5.35. The predicted octanol–water partition coefficient (Wildman–Crippen LogP) is 3.75. The van der Waals surface area contributed by atoms with E-state index in [1.807, 2.05) is 0 Å². The number of benzene rings is 2. The topological polar surface area (TPSA) is 75.7 Å². The van der Waals surface area contributed by atoms with Crippen molar-refractivity contribution in [3.8, 4) is 5.75 Å². The van der Waals surface area contributed by atoms with Crippen molar-refractivity contribution in [2.75, 3.05) is 25.5 Å². The van der Waals surface area contributed by atoms with Crippen LogP contribution in [0.5, 0.6) is 5.75 Å². The number of ether oxygens (including phenoxy) is 1. The summed E-state index contributed by atoms with van der Waals surface area (Å²) in [4.78, 5) is 12.5. The number of anilines is 1. The molecule has 0 radical (unpaired) electrons. The molecule has 1 aliphatic rings. The van der Waals surface area contributed by atoms with Gasteiger partial charge in [-0.2, -0.15) is 4.31 Å². The molecule has 29 heavy (non-hydrogen) atoms. The van der Waals surface area contributed by atoms with E-state index in [0.717, 1.165) is 12.5 Å². The number of piperidine rings is 1. The van der Waals surface area contributed by atoms with Gasteiger partial charge in [-0.3, -0.25) is 4.79 Å². The average molecular weight is 421 g/mol. The Hall–Kier alpha value is -2.45. The van der Waals surface area contributed by atoms with Crippen LogP contribution in [0.2, 0.25) is 0 Å². The number of hydrogen-bond donors (Lipinski definition) is 1. The number of amides is 1. The van der Waals surface area contributed by atoms with E-state index >= 15 is 0 Å². The number of carbonyl (C=O) groups excluding carboxylic acids is 1. The molecule has 156 valence electrons. The molecule has 1 fully saturated rings. The quantitative estimate of drug-likeness (QED) is 0.799. The molecule has 2 aromatic rings. The van der Waals surface area contributed by atoms with Crippen LogP contribution >= 0.6 is 0 Å². The molecular formula is C21H25FN2O4S. The molecule has 0 spiro atoms. The van der Waals surface area contributed by atoms with Gasteiger partial charge in [0.25, 0.3) is 5.91 Å². The highest BCUT2D eigenvalue weighted by Crippen LogP contribution is 2.27. The smallest absolute Gasteiger partial charge is 0.255 e. The Labute approximate surface area is 170 Å². The summed E-state index contributed by atoms with van der Waals surface area (Å²) in [6.45, 7) is 5.13. The van der Waals surface area contributed by atoms with Crippen LogP contribution in [0.3, 0.4) is 0 Å². The third-order valence-corrected chi connectivity index (χ3v) is 6.85. The number of methoxy groups -OCH3 is 1. The second-order valence-corrected chi connectivity index (χ2v) is 9.53. The lowest BCUT2D eigenvalue weighted by molar-refractivity contribution is 0.102. The summed E-state index contributed by atoms with van der Waals surface area (Å²) in [5.41, 5.74) is 0.557. The Morgan fingerprint density at radius 1 is 1.10 bits per heavy atom. The molecule has 1 amide bonds. The van der Waals surface area contributed by atoms with Crippen LogP contribution < -0.4 is 10.1 Å². The summed E-state index contributed by atoms with van der Waals surface area (Å²) in [5.74, 6) is -0.446. The van der Waals surface area contributed by atoms with E-state index in [0.29, 0.717) is 30.6 Å². The van der Waals surface area contributed by atoms with E-state index in [1.165, 1.54) is 47.8 Å². The van der Waals surface area contributed by atoms with E-state index in [2.05, 4.69) is 19.2 Å². The van der Waals surface area contributed by atoms with Gasteiger partial charge in [-0.25, -0.2) is 12.8 Å². The first kappa shape index (κ1) is 21.3. The molecule has 2 aromatic carbocycles. The molecule has 8 heteroatoms. The van der Waals surface area contributed by atoms with Crippen molar-refractivity contribution in [3.63, 3.8) is 0 Å². The zero-order valence-corrected chi connectivity index (χ0v) is 17.5. The zero-order chi connectivity index (χ0) is 21.2. The first-order valence-corrected chi connectivity index (χ1v) is 10.9. The SMILES string of the molecule is COc1ccc(C(=O)Nc2ccc(S(=O)(=O)N3C[C@H](C)C[C@@H](C)C3)cc2)cc1F. The summed E-state index contributed by atoms with van der Waals surface area (Å²) >= 11 is 0. The van der Waals surface area contributed by atoms with Crippen LogP contribution in [0, 0.1) is 17.7 Å². The molecule has 1 N–H and O–H groups in total. The minimum Gasteiger partial charge on any atom is -0.494 e. The molecule has 0 bridgehead atoms. The fourth-order valence-electron chi connectivity index (χ4n) is 3.67. The van der Waals surface area contributed by atoms with Crippen molar-refractivity contribution < 1.29 is 22.3 Å². The van der Waals surface area contributed by atoms with E-state index in [1.54, 1.807) is 0 Å². The van der Waals surface area contributed by atoms with Gasteiger partial charge in [0.05, 0.1) is 12.0 Å². The van der Waals surface area contributed by atoms with Crippen LogP contribution in [-0.2, 0) is 10.0 Å². The summed E-state index contributed by atoms with van der Waals surface area (Å²) < 4.78 is 46.0. The van der Waals surface area contributed by atoms with Gasteiger partial charge in [0.15, 0.2) is 11.6 Å². The van der Waals surface area contributed by atoms with Crippen molar-refractivity contribution in [2.45, 2.75) is 25.2 Å². The van der Waals surface area contributed by atoms with Crippen LogP contribution in [0.15, 0.2) is 47.4 Å². The Bertz CT molecular complexity index is 982. The van der Waals surface area contributed by atoms with Gasteiger partial charge in [-0.1, -0.05) is 13.8 Å². The molecule has 1 saturated heterocycles. The van der Waals surface area contributed by atoms with E-state index in [9.17, 15) is 17.6 Å². The van der Waals surface area contributed by atoms with Gasteiger partial charge >= 0.3 is 0 Å². The molecule has 0 unspecified atom stereocenters. The lowest BCUT2D eigenvalue weighted by atomic mass is 9.94. The fraction of sp³-hybridized carbons (Fsp3) is 0.381. The number of carbonyl (C=O) groups is 1. The minimum absolute atomic E-state index is 0.0532. The van der Waals surface area contributed by atoms with Gasteiger partial charge in [0.2, 0.25) is 10.0 Å². The number of nitrogens with one attached hydrogen (secondary N) is 1. The van der Waals surface area contributed by atoms with Gasteiger partial charge in [-0.15, -0.1) is 0 Å². The average Bonchev–Trinajstić information content (AvgIpc) is 2.67. The van der Waals surface area contributed by atoms with Crippen LogP contribution in [0.1, 0.15) is 30.6 Å². The minimum atomic E-state index is -3.58. The monoisotopic (exact) mass is 420 g/mol. The maximum absolute atomic E-state index is 13.8. The molecule has 3 rings (SSSR count). The molecule has 2 atom stereocenters. The largest absolute Gasteiger partial charge is 0.494 e. The van der Waals surface area contributed by atoms with Gasteiger partial charge in [0.1, 0.15) is 0 Å². The highest BCUT2D eigenvalue weighted by Gasteiger charge is 2.31. The molecule has 1 heterocycles. The third kappa shape index (κ3) is 4.76. The number of halogens is 1. The summed E-state index contributed by atoms with van der Waals surface area (Å²) in [5, 5.41) is 2.64. The Morgan fingerprint density at radius 2 is 1.72 bits per heavy atom. The first-order valence-electron chi connectivity index (χ1n) is 9.46. The Morgan fingerprint density at radius 3 is 2.28 bits per heavy atom. The second kappa shape index (κ2) is 8.51. The third-order valence-electron chi connectivity index (χ3n) is 5.00. The second-order valence-electron chi connectivity index (χ2n) is 7.60. The highest BCUT2D eigenvalue weighted by atomic mass is 32.2. The van der Waals surface area contributed by atoms with Crippen molar-refractivity contribution in [2.24, 2.45) is 11.8 Å². The number of sulfonamides is 1. The lowest BCUT2D eigenvalue weighted by Gasteiger charge is -2.34. The van der Waals surface area contributed by atoms with Crippen LogP contribution in [0.25, 0.3) is 0 Å². The van der Waals surface area contributed by atoms with Crippen LogP contribution in [0.4, 0.5) is 10.1 Å². The van der Waals surface area contributed by atoms with Gasteiger partial charge in [0, 0.05) is 24.3 Å². The molecule has 0 aliphatic carbocycles. The maximum atomic E-state index is 13.8. The van der Waals surface area contributed by atoms with Gasteiger partial charge in [-0.05, 0) is 60.7 Å². The van der Waals surface area contributed by atoms with Crippen LogP contribution in [-0.4, -0.2) is 38.8 Å². The van der Waals surface area contributed by atoms with E-state index in [4.69, 9.17) is 4.74 Å². The lowest BCUT2D eigenvalue weighted by Crippen LogP contribution is -2.42. The van der Waals surface area contributed by atoms with Crippen molar-refractivity contribution in [1.29, 1.82) is 0 Å². The number of nitrogens with zero attached hydrogens (tertiary/aromatic N) is 1. The number of hydrogen-bond acceptors (Lipinski definition) is 4. The van der Waals surface area contributed by atoms with E-state index in [-0.39, 0.29) is 16.2 Å². The van der Waals surface area contributed by atoms with Crippen molar-refractivity contribution >= 4 is 21.6 Å². The van der Waals surface area contributed by atoms with Crippen molar-refractivity contribution in [3.05, 3.63) is 53.8 Å². The molecule has 0 saturated carbocycles. The molecule has 1 aliphatic heterocycles. The van der Waals surface area contributed by atoms with Gasteiger partial charge < -0.3 is 10.1 Å². The summed E-state index contributed by atoms with van der Waals surface area (Å²) in [7, 11) is -2.24. The zero-order valence-electron chi connectivity index (χ0n) is 16.7. The Kier molecular flexibility index (Phi) is 6.24. The van der Waals surface area contributed by atoms with Crippen molar-refractivity contribution in [1.82, 2.24) is 4.31 Å².